The van der Waals surface area contributed by atoms with E-state index in [9.17, 15) is 9.59 Å². The summed E-state index contributed by atoms with van der Waals surface area (Å²) in [7, 11) is 1.92. The van der Waals surface area contributed by atoms with E-state index >= 15 is 0 Å². The monoisotopic (exact) mass is 300 g/mol. The molecule has 0 bridgehead atoms. The number of rotatable bonds is 5. The lowest BCUT2D eigenvalue weighted by Gasteiger charge is -2.11. The van der Waals surface area contributed by atoms with Gasteiger partial charge >= 0.3 is 0 Å². The molecule has 1 N–H and O–H groups in total. The minimum absolute atomic E-state index is 0.0686. The van der Waals surface area contributed by atoms with E-state index in [4.69, 9.17) is 4.74 Å². The Balaban J connectivity index is 2.11. The molecule has 116 valence electrons. The van der Waals surface area contributed by atoms with Gasteiger partial charge in [-0.3, -0.25) is 9.59 Å². The Bertz CT molecular complexity index is 717. The zero-order valence-electron chi connectivity index (χ0n) is 13.3. The van der Waals surface area contributed by atoms with Crippen LogP contribution >= 0.6 is 0 Å². The Morgan fingerprint density at radius 1 is 1.23 bits per heavy atom. The van der Waals surface area contributed by atoms with E-state index in [2.05, 4.69) is 5.32 Å². The molecule has 0 fully saturated rings. The summed E-state index contributed by atoms with van der Waals surface area (Å²) >= 11 is 0. The van der Waals surface area contributed by atoms with E-state index in [0.29, 0.717) is 17.0 Å². The topological polar surface area (TPSA) is 60.3 Å². The SMILES string of the molecule is CC(=O)Nc1ccccc1OCC(=O)c1cc(C)n(C)c1C. The van der Waals surface area contributed by atoms with Crippen molar-refractivity contribution in [1.29, 1.82) is 0 Å². The number of hydrogen-bond donors (Lipinski definition) is 1. The van der Waals surface area contributed by atoms with Crippen LogP contribution in [-0.4, -0.2) is 22.9 Å². The molecule has 1 heterocycles. The number of benzene rings is 1. The van der Waals surface area contributed by atoms with Gasteiger partial charge in [-0.1, -0.05) is 12.1 Å². The molecule has 0 unspecified atom stereocenters. The predicted molar refractivity (Wildman–Crippen MR) is 85.5 cm³/mol. The Labute approximate surface area is 129 Å². The second-order valence-electron chi connectivity index (χ2n) is 5.23. The molecule has 0 saturated heterocycles. The molecule has 0 aliphatic heterocycles. The van der Waals surface area contributed by atoms with Crippen LogP contribution in [0, 0.1) is 13.8 Å². The van der Waals surface area contributed by atoms with Gasteiger partial charge in [0.1, 0.15) is 5.75 Å². The largest absolute Gasteiger partial charge is 0.483 e. The molecule has 1 amide bonds. The molecular formula is C17H20N2O3. The Morgan fingerprint density at radius 3 is 2.50 bits per heavy atom. The maximum atomic E-state index is 12.3. The van der Waals surface area contributed by atoms with Crippen molar-refractivity contribution in [2.45, 2.75) is 20.8 Å². The van der Waals surface area contributed by atoms with E-state index < -0.39 is 0 Å². The highest BCUT2D eigenvalue weighted by atomic mass is 16.5. The first-order valence-electron chi connectivity index (χ1n) is 7.05. The molecule has 5 nitrogen and oxygen atoms in total. The number of amides is 1. The molecule has 0 aliphatic carbocycles. The van der Waals surface area contributed by atoms with E-state index in [0.717, 1.165) is 11.4 Å². The van der Waals surface area contributed by atoms with Crippen LogP contribution in [0.15, 0.2) is 30.3 Å². The Morgan fingerprint density at radius 2 is 1.91 bits per heavy atom. The number of nitrogens with zero attached hydrogens (tertiary/aromatic N) is 1. The lowest BCUT2D eigenvalue weighted by atomic mass is 10.1. The highest BCUT2D eigenvalue weighted by Gasteiger charge is 2.15. The fourth-order valence-electron chi connectivity index (χ4n) is 2.24. The van der Waals surface area contributed by atoms with Gasteiger partial charge in [-0.05, 0) is 32.0 Å². The van der Waals surface area contributed by atoms with Crippen molar-refractivity contribution in [2.75, 3.05) is 11.9 Å². The van der Waals surface area contributed by atoms with Gasteiger partial charge in [0.15, 0.2) is 6.61 Å². The van der Waals surface area contributed by atoms with Gasteiger partial charge in [0, 0.05) is 30.9 Å². The van der Waals surface area contributed by atoms with Gasteiger partial charge in [-0.25, -0.2) is 0 Å². The summed E-state index contributed by atoms with van der Waals surface area (Å²) in [5, 5.41) is 2.68. The zero-order valence-corrected chi connectivity index (χ0v) is 13.3. The minimum Gasteiger partial charge on any atom is -0.483 e. The van der Waals surface area contributed by atoms with Crippen molar-refractivity contribution in [3.63, 3.8) is 0 Å². The van der Waals surface area contributed by atoms with Crippen molar-refractivity contribution in [2.24, 2.45) is 7.05 Å². The van der Waals surface area contributed by atoms with Crippen molar-refractivity contribution in [3.8, 4) is 5.75 Å². The maximum absolute atomic E-state index is 12.3. The summed E-state index contributed by atoms with van der Waals surface area (Å²) in [6, 6.07) is 8.91. The number of Topliss-reactive ketones (excluding diaryl/α,β-unsaturated/α-hetero) is 1. The van der Waals surface area contributed by atoms with Crippen LogP contribution in [0.5, 0.6) is 5.75 Å². The molecule has 0 radical (unpaired) electrons. The summed E-state index contributed by atoms with van der Waals surface area (Å²) in [6.45, 7) is 5.22. The van der Waals surface area contributed by atoms with Crippen molar-refractivity contribution >= 4 is 17.4 Å². The van der Waals surface area contributed by atoms with E-state index in [-0.39, 0.29) is 18.3 Å². The van der Waals surface area contributed by atoms with Crippen LogP contribution in [0.25, 0.3) is 0 Å². The van der Waals surface area contributed by atoms with E-state index in [1.807, 2.05) is 31.5 Å². The van der Waals surface area contributed by atoms with Crippen LogP contribution in [0.2, 0.25) is 0 Å². The standard InChI is InChI=1S/C17H20N2O3/c1-11-9-14(12(2)19(11)4)16(21)10-22-17-8-6-5-7-15(17)18-13(3)20/h5-9H,10H2,1-4H3,(H,18,20). The van der Waals surface area contributed by atoms with Crippen molar-refractivity contribution < 1.29 is 14.3 Å². The third-order valence-electron chi connectivity index (χ3n) is 3.63. The molecule has 0 spiro atoms. The fourth-order valence-corrected chi connectivity index (χ4v) is 2.24. The van der Waals surface area contributed by atoms with Crippen LogP contribution in [0.4, 0.5) is 5.69 Å². The first-order chi connectivity index (χ1) is 10.4. The van der Waals surface area contributed by atoms with Crippen molar-refractivity contribution in [3.05, 3.63) is 47.3 Å². The molecule has 0 saturated carbocycles. The summed E-state index contributed by atoms with van der Waals surface area (Å²) in [5.41, 5.74) is 3.17. The maximum Gasteiger partial charge on any atom is 0.221 e. The number of hydrogen-bond acceptors (Lipinski definition) is 3. The molecule has 2 aromatic rings. The van der Waals surface area contributed by atoms with E-state index in [1.54, 1.807) is 24.3 Å². The Kier molecular flexibility index (Phi) is 4.65. The molecular weight excluding hydrogens is 280 g/mol. The number of aryl methyl sites for hydroxylation is 1. The summed E-state index contributed by atoms with van der Waals surface area (Å²) < 4.78 is 7.56. The Hall–Kier alpha value is -2.56. The molecule has 2 rings (SSSR count). The number of carbonyl (C=O) groups excluding carboxylic acids is 2. The average molecular weight is 300 g/mol. The molecule has 22 heavy (non-hydrogen) atoms. The average Bonchev–Trinajstić information content (AvgIpc) is 2.73. The first-order valence-corrected chi connectivity index (χ1v) is 7.05. The fraction of sp³-hybridized carbons (Fsp3) is 0.294. The van der Waals surface area contributed by atoms with Gasteiger partial charge in [0.2, 0.25) is 11.7 Å². The minimum atomic E-state index is -0.183. The smallest absolute Gasteiger partial charge is 0.221 e. The third kappa shape index (κ3) is 3.36. The molecule has 1 aromatic heterocycles. The number of carbonyl (C=O) groups is 2. The third-order valence-corrected chi connectivity index (χ3v) is 3.63. The number of ketones is 1. The lowest BCUT2D eigenvalue weighted by Crippen LogP contribution is -2.14. The van der Waals surface area contributed by atoms with Gasteiger partial charge in [-0.15, -0.1) is 0 Å². The number of aromatic nitrogens is 1. The van der Waals surface area contributed by atoms with Crippen LogP contribution in [-0.2, 0) is 11.8 Å². The lowest BCUT2D eigenvalue weighted by molar-refractivity contribution is -0.114. The van der Waals surface area contributed by atoms with Gasteiger partial charge < -0.3 is 14.6 Å². The first kappa shape index (κ1) is 15.8. The van der Waals surface area contributed by atoms with Crippen LogP contribution < -0.4 is 10.1 Å². The van der Waals surface area contributed by atoms with Gasteiger partial charge in [-0.2, -0.15) is 0 Å². The number of anilines is 1. The number of nitrogens with one attached hydrogen (secondary N) is 1. The second-order valence-corrected chi connectivity index (χ2v) is 5.23. The highest BCUT2D eigenvalue weighted by molar-refractivity contribution is 5.98. The molecule has 1 aromatic carbocycles. The van der Waals surface area contributed by atoms with Crippen molar-refractivity contribution in [1.82, 2.24) is 4.57 Å². The number of para-hydroxylation sites is 2. The van der Waals surface area contributed by atoms with Gasteiger partial charge in [0.25, 0.3) is 0 Å². The van der Waals surface area contributed by atoms with Crippen LogP contribution in [0.3, 0.4) is 0 Å². The van der Waals surface area contributed by atoms with Gasteiger partial charge in [0.05, 0.1) is 5.69 Å². The summed E-state index contributed by atoms with van der Waals surface area (Å²) in [4.78, 5) is 23.5. The molecule has 0 atom stereocenters. The second kappa shape index (κ2) is 6.47. The van der Waals surface area contributed by atoms with E-state index in [1.165, 1.54) is 6.92 Å². The summed E-state index contributed by atoms with van der Waals surface area (Å²) in [6.07, 6.45) is 0. The number of ether oxygens (including phenoxy) is 1. The quantitative estimate of drug-likeness (QED) is 0.864. The predicted octanol–water partition coefficient (Wildman–Crippen LogP) is 2.86. The summed E-state index contributed by atoms with van der Waals surface area (Å²) in [5.74, 6) is 0.215. The highest BCUT2D eigenvalue weighted by Crippen LogP contribution is 2.24. The zero-order chi connectivity index (χ0) is 16.3. The molecule has 0 aliphatic rings. The normalized spacial score (nSPS) is 10.4. The van der Waals surface area contributed by atoms with Crippen LogP contribution in [0.1, 0.15) is 28.7 Å². The molecule has 5 heteroatoms.